The Hall–Kier alpha value is -1.27. The first kappa shape index (κ1) is 15.1. The summed E-state index contributed by atoms with van der Waals surface area (Å²) >= 11 is 2.27. The van der Waals surface area contributed by atoms with Crippen molar-refractivity contribution in [1.29, 1.82) is 0 Å². The van der Waals surface area contributed by atoms with E-state index in [-0.39, 0.29) is 6.61 Å². The van der Waals surface area contributed by atoms with Crippen LogP contribution in [0.4, 0.5) is 5.69 Å². The summed E-state index contributed by atoms with van der Waals surface area (Å²) in [6.45, 7) is 2.77. The molecule has 0 bridgehead atoms. The van der Waals surface area contributed by atoms with Gasteiger partial charge in [0.1, 0.15) is 18.5 Å². The van der Waals surface area contributed by atoms with Gasteiger partial charge in [-0.15, -0.1) is 0 Å². The summed E-state index contributed by atoms with van der Waals surface area (Å²) in [5.41, 5.74) is 2.22. The van der Waals surface area contributed by atoms with Crippen molar-refractivity contribution in [2.24, 2.45) is 0 Å². The number of hydrogen-bond acceptors (Lipinski definition) is 3. The molecule has 0 aliphatic rings. The number of hydrogen-bond donors (Lipinski definition) is 2. The standard InChI is InChI=1S/C16H18INO2/c1-12-6-8-14(9-7-12)20-11-13(19)10-18-16-5-3-2-4-15(16)17/h2-9,13,18-19H,10-11H2,1H3. The Morgan fingerprint density at radius 1 is 1.15 bits per heavy atom. The van der Waals surface area contributed by atoms with Crippen LogP contribution in [0.2, 0.25) is 0 Å². The molecule has 0 aliphatic heterocycles. The van der Waals surface area contributed by atoms with E-state index in [1.807, 2.05) is 55.5 Å². The third-order valence-electron chi connectivity index (χ3n) is 2.87. The predicted octanol–water partition coefficient (Wildman–Crippen LogP) is 3.45. The second-order valence-electron chi connectivity index (χ2n) is 4.64. The van der Waals surface area contributed by atoms with Crippen LogP contribution < -0.4 is 10.1 Å². The van der Waals surface area contributed by atoms with Gasteiger partial charge in [0.05, 0.1) is 0 Å². The molecule has 2 N–H and O–H groups in total. The third kappa shape index (κ3) is 4.68. The minimum Gasteiger partial charge on any atom is -0.491 e. The molecule has 4 heteroatoms. The molecule has 1 unspecified atom stereocenters. The summed E-state index contributed by atoms with van der Waals surface area (Å²) in [5.74, 6) is 0.781. The Kier molecular flexibility index (Phi) is 5.67. The first-order valence-electron chi connectivity index (χ1n) is 6.51. The molecule has 0 saturated heterocycles. The van der Waals surface area contributed by atoms with Crippen molar-refractivity contribution in [1.82, 2.24) is 0 Å². The maximum Gasteiger partial charge on any atom is 0.119 e. The molecule has 2 aromatic rings. The summed E-state index contributed by atoms with van der Waals surface area (Å²) in [4.78, 5) is 0. The summed E-state index contributed by atoms with van der Waals surface area (Å²) in [6, 6.07) is 15.8. The first-order valence-corrected chi connectivity index (χ1v) is 7.59. The van der Waals surface area contributed by atoms with E-state index in [2.05, 4.69) is 27.9 Å². The van der Waals surface area contributed by atoms with Crippen LogP contribution in [0.3, 0.4) is 0 Å². The van der Waals surface area contributed by atoms with Crippen LogP contribution in [-0.2, 0) is 0 Å². The Balaban J connectivity index is 1.77. The van der Waals surface area contributed by atoms with Crippen molar-refractivity contribution < 1.29 is 9.84 Å². The van der Waals surface area contributed by atoms with Crippen molar-refractivity contribution in [3.05, 3.63) is 57.7 Å². The first-order chi connectivity index (χ1) is 9.65. The van der Waals surface area contributed by atoms with Crippen molar-refractivity contribution in [2.45, 2.75) is 13.0 Å². The molecule has 0 aromatic heterocycles. The smallest absolute Gasteiger partial charge is 0.119 e. The van der Waals surface area contributed by atoms with Crippen LogP contribution in [0.15, 0.2) is 48.5 Å². The minimum absolute atomic E-state index is 0.277. The Labute approximate surface area is 133 Å². The zero-order chi connectivity index (χ0) is 14.4. The van der Waals surface area contributed by atoms with Crippen LogP contribution in [0.25, 0.3) is 0 Å². The van der Waals surface area contributed by atoms with E-state index in [1.165, 1.54) is 5.56 Å². The molecule has 0 aliphatic carbocycles. The van der Waals surface area contributed by atoms with Crippen molar-refractivity contribution in [3.63, 3.8) is 0 Å². The molecular weight excluding hydrogens is 365 g/mol. The molecule has 0 saturated carbocycles. The molecule has 3 nitrogen and oxygen atoms in total. The van der Waals surface area contributed by atoms with E-state index < -0.39 is 6.10 Å². The average Bonchev–Trinajstić information content (AvgIpc) is 2.46. The fraction of sp³-hybridized carbons (Fsp3) is 0.250. The molecular formula is C16H18INO2. The molecule has 0 spiro atoms. The Morgan fingerprint density at radius 2 is 1.85 bits per heavy atom. The SMILES string of the molecule is Cc1ccc(OCC(O)CNc2ccccc2I)cc1. The summed E-state index contributed by atoms with van der Waals surface area (Å²) in [7, 11) is 0. The molecule has 1 atom stereocenters. The van der Waals surface area contributed by atoms with Gasteiger partial charge in [-0.3, -0.25) is 0 Å². The van der Waals surface area contributed by atoms with Gasteiger partial charge in [-0.2, -0.15) is 0 Å². The van der Waals surface area contributed by atoms with E-state index in [0.29, 0.717) is 6.54 Å². The average molecular weight is 383 g/mol. The Bertz CT molecular complexity index is 542. The van der Waals surface area contributed by atoms with Crippen LogP contribution >= 0.6 is 22.6 Å². The number of para-hydroxylation sites is 1. The van der Waals surface area contributed by atoms with Crippen molar-refractivity contribution in [2.75, 3.05) is 18.5 Å². The van der Waals surface area contributed by atoms with Crippen LogP contribution in [-0.4, -0.2) is 24.4 Å². The highest BCUT2D eigenvalue weighted by Crippen LogP contribution is 2.17. The fourth-order valence-corrected chi connectivity index (χ4v) is 2.30. The van der Waals surface area contributed by atoms with Gasteiger partial charge in [0.2, 0.25) is 0 Å². The second-order valence-corrected chi connectivity index (χ2v) is 5.80. The third-order valence-corrected chi connectivity index (χ3v) is 3.81. The normalized spacial score (nSPS) is 11.9. The zero-order valence-electron chi connectivity index (χ0n) is 11.3. The van der Waals surface area contributed by atoms with E-state index in [9.17, 15) is 5.11 Å². The number of aliphatic hydroxyl groups excluding tert-OH is 1. The summed E-state index contributed by atoms with van der Waals surface area (Å²) in [5, 5.41) is 13.1. The monoisotopic (exact) mass is 383 g/mol. The highest BCUT2D eigenvalue weighted by atomic mass is 127. The number of rotatable bonds is 6. The number of nitrogens with one attached hydrogen (secondary N) is 1. The van der Waals surface area contributed by atoms with Gasteiger partial charge in [0, 0.05) is 15.8 Å². The van der Waals surface area contributed by atoms with Crippen molar-refractivity contribution >= 4 is 28.3 Å². The molecule has 106 valence electrons. The molecule has 0 heterocycles. The van der Waals surface area contributed by atoms with E-state index in [4.69, 9.17) is 4.74 Å². The van der Waals surface area contributed by atoms with Gasteiger partial charge in [-0.05, 0) is 53.8 Å². The highest BCUT2D eigenvalue weighted by Gasteiger charge is 2.06. The quantitative estimate of drug-likeness (QED) is 0.751. The Morgan fingerprint density at radius 3 is 2.55 bits per heavy atom. The van der Waals surface area contributed by atoms with Crippen LogP contribution in [0.1, 0.15) is 5.56 Å². The highest BCUT2D eigenvalue weighted by molar-refractivity contribution is 14.1. The number of anilines is 1. The molecule has 2 aromatic carbocycles. The lowest BCUT2D eigenvalue weighted by Crippen LogP contribution is -2.26. The number of benzene rings is 2. The summed E-state index contributed by atoms with van der Waals surface area (Å²) < 4.78 is 6.69. The predicted molar refractivity (Wildman–Crippen MR) is 90.3 cm³/mol. The number of ether oxygens (including phenoxy) is 1. The minimum atomic E-state index is -0.549. The number of aliphatic hydroxyl groups is 1. The maximum absolute atomic E-state index is 9.93. The summed E-state index contributed by atoms with van der Waals surface area (Å²) in [6.07, 6.45) is -0.549. The maximum atomic E-state index is 9.93. The van der Waals surface area contributed by atoms with Gasteiger partial charge < -0.3 is 15.2 Å². The molecule has 0 fully saturated rings. The van der Waals surface area contributed by atoms with E-state index >= 15 is 0 Å². The largest absolute Gasteiger partial charge is 0.491 e. The molecule has 20 heavy (non-hydrogen) atoms. The van der Waals surface area contributed by atoms with Gasteiger partial charge in [-0.25, -0.2) is 0 Å². The topological polar surface area (TPSA) is 41.5 Å². The van der Waals surface area contributed by atoms with Gasteiger partial charge >= 0.3 is 0 Å². The number of aryl methyl sites for hydroxylation is 1. The molecule has 2 rings (SSSR count). The van der Waals surface area contributed by atoms with Crippen LogP contribution in [0.5, 0.6) is 5.75 Å². The zero-order valence-corrected chi connectivity index (χ0v) is 13.5. The van der Waals surface area contributed by atoms with Crippen LogP contribution in [0, 0.1) is 10.5 Å². The van der Waals surface area contributed by atoms with Crippen molar-refractivity contribution in [3.8, 4) is 5.75 Å². The number of halogens is 1. The second kappa shape index (κ2) is 7.50. The molecule has 0 radical (unpaired) electrons. The molecule has 0 amide bonds. The lowest BCUT2D eigenvalue weighted by Gasteiger charge is -2.15. The lowest BCUT2D eigenvalue weighted by atomic mass is 10.2. The fourth-order valence-electron chi connectivity index (χ4n) is 1.72. The van der Waals surface area contributed by atoms with E-state index in [0.717, 1.165) is 15.0 Å². The van der Waals surface area contributed by atoms with Gasteiger partial charge in [-0.1, -0.05) is 29.8 Å². The van der Waals surface area contributed by atoms with Gasteiger partial charge in [0.25, 0.3) is 0 Å². The lowest BCUT2D eigenvalue weighted by molar-refractivity contribution is 0.117. The van der Waals surface area contributed by atoms with E-state index in [1.54, 1.807) is 0 Å². The van der Waals surface area contributed by atoms with Gasteiger partial charge in [0.15, 0.2) is 0 Å².